The molecule has 3 aromatic rings. The van der Waals surface area contributed by atoms with E-state index in [0.29, 0.717) is 5.56 Å². The third-order valence-electron chi connectivity index (χ3n) is 3.73. The second kappa shape index (κ2) is 8.23. The summed E-state index contributed by atoms with van der Waals surface area (Å²) < 4.78 is 0. The van der Waals surface area contributed by atoms with Crippen LogP contribution in [0.1, 0.15) is 15.9 Å². The lowest BCUT2D eigenvalue weighted by Gasteiger charge is -2.14. The number of carbonyl (C=O) groups is 1. The Morgan fingerprint density at radius 2 is 1.96 bits per heavy atom. The molecule has 5 heteroatoms. The van der Waals surface area contributed by atoms with Gasteiger partial charge in [-0.3, -0.25) is 4.79 Å². The second-order valence-corrected chi connectivity index (χ2v) is 7.61. The van der Waals surface area contributed by atoms with E-state index >= 15 is 0 Å². The number of para-hydroxylation sites is 1. The molecular weight excluding hydrogens is 348 g/mol. The van der Waals surface area contributed by atoms with Crippen LogP contribution in [0.4, 0.5) is 11.4 Å². The number of nitrogens with one attached hydrogen (secondary N) is 1. The van der Waals surface area contributed by atoms with Crippen molar-refractivity contribution in [2.24, 2.45) is 0 Å². The summed E-state index contributed by atoms with van der Waals surface area (Å²) >= 11 is 3.44. The quantitative estimate of drug-likeness (QED) is 0.595. The lowest BCUT2D eigenvalue weighted by atomic mass is 10.1. The van der Waals surface area contributed by atoms with Gasteiger partial charge in [0.25, 0.3) is 5.91 Å². The molecule has 0 aliphatic carbocycles. The average molecular weight is 369 g/mol. The first-order valence-electron chi connectivity index (χ1n) is 7.95. The van der Waals surface area contributed by atoms with Crippen LogP contribution in [0.25, 0.3) is 0 Å². The highest BCUT2D eigenvalue weighted by molar-refractivity contribution is 7.98. The second-order valence-electron chi connectivity index (χ2n) is 5.82. The first-order chi connectivity index (χ1) is 12.1. The van der Waals surface area contributed by atoms with Crippen LogP contribution in [-0.4, -0.2) is 20.0 Å². The minimum atomic E-state index is -0.0905. The standard InChI is InChI=1S/C20H20N2OS2/c1-22(2)17-7-5-6-16(12-17)20(23)21-18-8-3-4-9-19(18)25-14-15-10-11-24-13-15/h3-13H,14H2,1-2H3,(H,21,23). The number of hydrogen-bond donors (Lipinski definition) is 1. The fourth-order valence-corrected chi connectivity index (χ4v) is 4.08. The van der Waals surface area contributed by atoms with E-state index in [4.69, 9.17) is 0 Å². The molecule has 0 bridgehead atoms. The summed E-state index contributed by atoms with van der Waals surface area (Å²) in [4.78, 5) is 15.7. The molecule has 1 N–H and O–H groups in total. The van der Waals surface area contributed by atoms with Crippen molar-refractivity contribution in [3.8, 4) is 0 Å². The van der Waals surface area contributed by atoms with E-state index < -0.39 is 0 Å². The van der Waals surface area contributed by atoms with Crippen molar-refractivity contribution in [2.75, 3.05) is 24.3 Å². The van der Waals surface area contributed by atoms with Crippen molar-refractivity contribution in [3.05, 3.63) is 76.5 Å². The van der Waals surface area contributed by atoms with Gasteiger partial charge in [-0.05, 0) is 52.7 Å². The zero-order valence-electron chi connectivity index (χ0n) is 14.2. The Hall–Kier alpha value is -2.24. The summed E-state index contributed by atoms with van der Waals surface area (Å²) in [5.41, 5.74) is 3.81. The first kappa shape index (κ1) is 17.6. The molecule has 0 aliphatic rings. The third-order valence-corrected chi connectivity index (χ3v) is 5.61. The van der Waals surface area contributed by atoms with Gasteiger partial charge in [-0.25, -0.2) is 0 Å². The van der Waals surface area contributed by atoms with Gasteiger partial charge in [0.1, 0.15) is 0 Å². The van der Waals surface area contributed by atoms with Crippen LogP contribution in [0.5, 0.6) is 0 Å². The Morgan fingerprint density at radius 1 is 1.12 bits per heavy atom. The van der Waals surface area contributed by atoms with E-state index in [1.807, 2.05) is 67.5 Å². The van der Waals surface area contributed by atoms with Crippen LogP contribution in [0.2, 0.25) is 0 Å². The van der Waals surface area contributed by atoms with Gasteiger partial charge in [0, 0.05) is 36.0 Å². The highest BCUT2D eigenvalue weighted by atomic mass is 32.2. The molecule has 0 radical (unpaired) electrons. The molecule has 0 saturated carbocycles. The summed E-state index contributed by atoms with van der Waals surface area (Å²) in [5.74, 6) is 0.805. The van der Waals surface area contributed by atoms with Gasteiger partial charge < -0.3 is 10.2 Å². The number of thioether (sulfide) groups is 1. The Balaban J connectivity index is 1.74. The molecule has 0 aliphatic heterocycles. The van der Waals surface area contributed by atoms with Gasteiger partial charge >= 0.3 is 0 Å². The lowest BCUT2D eigenvalue weighted by Crippen LogP contribution is -2.14. The normalized spacial score (nSPS) is 10.5. The number of thiophene rings is 1. The molecule has 0 spiro atoms. The molecule has 25 heavy (non-hydrogen) atoms. The molecule has 3 nitrogen and oxygen atoms in total. The zero-order valence-corrected chi connectivity index (χ0v) is 15.9. The fraction of sp³-hybridized carbons (Fsp3) is 0.150. The maximum Gasteiger partial charge on any atom is 0.255 e. The number of nitrogens with zero attached hydrogens (tertiary/aromatic N) is 1. The monoisotopic (exact) mass is 368 g/mol. The molecule has 1 heterocycles. The van der Waals surface area contributed by atoms with Gasteiger partial charge in [-0.1, -0.05) is 18.2 Å². The van der Waals surface area contributed by atoms with Gasteiger partial charge in [-0.2, -0.15) is 11.3 Å². The number of benzene rings is 2. The Kier molecular flexibility index (Phi) is 5.79. The van der Waals surface area contributed by atoms with Crippen molar-refractivity contribution in [2.45, 2.75) is 10.6 Å². The van der Waals surface area contributed by atoms with E-state index in [0.717, 1.165) is 22.0 Å². The van der Waals surface area contributed by atoms with Gasteiger partial charge in [-0.15, -0.1) is 11.8 Å². The summed E-state index contributed by atoms with van der Waals surface area (Å²) in [6.07, 6.45) is 0. The van der Waals surface area contributed by atoms with Crippen molar-refractivity contribution < 1.29 is 4.79 Å². The van der Waals surface area contributed by atoms with Crippen molar-refractivity contribution in [3.63, 3.8) is 0 Å². The van der Waals surface area contributed by atoms with Crippen molar-refractivity contribution in [1.82, 2.24) is 0 Å². The Bertz CT molecular complexity index is 844. The van der Waals surface area contributed by atoms with Crippen LogP contribution in [0.3, 0.4) is 0 Å². The van der Waals surface area contributed by atoms with Crippen LogP contribution in [0.15, 0.2) is 70.3 Å². The fourth-order valence-electron chi connectivity index (χ4n) is 2.35. The highest BCUT2D eigenvalue weighted by Gasteiger charge is 2.10. The molecular formula is C20H20N2OS2. The molecule has 1 aromatic heterocycles. The molecule has 0 fully saturated rings. The summed E-state index contributed by atoms with van der Waals surface area (Å²) in [7, 11) is 3.93. The predicted octanol–water partition coefficient (Wildman–Crippen LogP) is 5.36. The molecule has 2 aromatic carbocycles. The van der Waals surface area contributed by atoms with E-state index in [9.17, 15) is 4.79 Å². The smallest absolute Gasteiger partial charge is 0.255 e. The number of carbonyl (C=O) groups excluding carboxylic acids is 1. The maximum absolute atomic E-state index is 12.6. The topological polar surface area (TPSA) is 32.3 Å². The van der Waals surface area contributed by atoms with Crippen LogP contribution in [-0.2, 0) is 5.75 Å². The van der Waals surface area contributed by atoms with Gasteiger partial charge in [0.05, 0.1) is 5.69 Å². The van der Waals surface area contributed by atoms with Gasteiger partial charge in [0.15, 0.2) is 0 Å². The van der Waals surface area contributed by atoms with Crippen molar-refractivity contribution in [1.29, 1.82) is 0 Å². The summed E-state index contributed by atoms with van der Waals surface area (Å²) in [5, 5.41) is 7.29. The molecule has 0 saturated heterocycles. The summed E-state index contributed by atoms with van der Waals surface area (Å²) in [6.45, 7) is 0. The Labute approximate surface area is 156 Å². The largest absolute Gasteiger partial charge is 0.378 e. The average Bonchev–Trinajstić information content (AvgIpc) is 3.14. The number of amides is 1. The lowest BCUT2D eigenvalue weighted by molar-refractivity contribution is 0.102. The van der Waals surface area contributed by atoms with Crippen LogP contribution >= 0.6 is 23.1 Å². The molecule has 1 amide bonds. The third kappa shape index (κ3) is 4.65. The highest BCUT2D eigenvalue weighted by Crippen LogP contribution is 2.30. The van der Waals surface area contributed by atoms with Crippen molar-refractivity contribution >= 4 is 40.4 Å². The molecule has 0 atom stereocenters. The predicted molar refractivity (Wildman–Crippen MR) is 109 cm³/mol. The number of anilines is 2. The Morgan fingerprint density at radius 3 is 2.72 bits per heavy atom. The maximum atomic E-state index is 12.6. The minimum Gasteiger partial charge on any atom is -0.378 e. The van der Waals surface area contributed by atoms with E-state index in [1.165, 1.54) is 5.56 Å². The summed E-state index contributed by atoms with van der Waals surface area (Å²) in [6, 6.07) is 17.7. The van der Waals surface area contributed by atoms with E-state index in [-0.39, 0.29) is 5.91 Å². The van der Waals surface area contributed by atoms with E-state index in [1.54, 1.807) is 23.1 Å². The molecule has 128 valence electrons. The SMILES string of the molecule is CN(C)c1cccc(C(=O)Nc2ccccc2SCc2ccsc2)c1. The number of hydrogen-bond acceptors (Lipinski definition) is 4. The zero-order chi connectivity index (χ0) is 17.6. The van der Waals surface area contributed by atoms with Crippen LogP contribution < -0.4 is 10.2 Å². The first-order valence-corrected chi connectivity index (χ1v) is 9.88. The van der Waals surface area contributed by atoms with Gasteiger partial charge in [0.2, 0.25) is 0 Å². The van der Waals surface area contributed by atoms with Crippen LogP contribution in [0, 0.1) is 0 Å². The number of rotatable bonds is 6. The molecule has 3 rings (SSSR count). The molecule has 0 unspecified atom stereocenters. The minimum absolute atomic E-state index is 0.0905. The van der Waals surface area contributed by atoms with E-state index in [2.05, 4.69) is 22.1 Å².